The summed E-state index contributed by atoms with van der Waals surface area (Å²) in [6, 6.07) is 5.49. The van der Waals surface area contributed by atoms with E-state index in [4.69, 9.17) is 0 Å². The zero-order chi connectivity index (χ0) is 13.4. The predicted molar refractivity (Wildman–Crippen MR) is 67.2 cm³/mol. The molecule has 100 valence electrons. The molecule has 0 spiro atoms. The number of hydrogen-bond donors (Lipinski definition) is 1. The summed E-state index contributed by atoms with van der Waals surface area (Å²) >= 11 is 0. The molecule has 0 atom stereocenters. The number of rotatable bonds is 2. The minimum atomic E-state index is -3.75. The zero-order valence-electron chi connectivity index (χ0n) is 10.5. The molecule has 1 aliphatic heterocycles. The Labute approximate surface area is 107 Å². The lowest BCUT2D eigenvalue weighted by Gasteiger charge is -2.38. The van der Waals surface area contributed by atoms with E-state index in [1.807, 2.05) is 13.8 Å². The highest BCUT2D eigenvalue weighted by Gasteiger charge is 2.34. The summed E-state index contributed by atoms with van der Waals surface area (Å²) in [5, 5.41) is 3.23. The summed E-state index contributed by atoms with van der Waals surface area (Å²) in [4.78, 5) is -0.247. The van der Waals surface area contributed by atoms with Crippen molar-refractivity contribution in [3.63, 3.8) is 0 Å². The minimum Gasteiger partial charge on any atom is -0.309 e. The Morgan fingerprint density at radius 3 is 2.61 bits per heavy atom. The van der Waals surface area contributed by atoms with Crippen molar-refractivity contribution in [2.24, 2.45) is 0 Å². The van der Waals surface area contributed by atoms with Crippen molar-refractivity contribution in [3.05, 3.63) is 30.1 Å². The molecule has 0 saturated carbocycles. The number of benzene rings is 1. The highest BCUT2D eigenvalue weighted by Crippen LogP contribution is 2.22. The van der Waals surface area contributed by atoms with Crippen LogP contribution in [0, 0.1) is 5.82 Å². The molecule has 18 heavy (non-hydrogen) atoms. The monoisotopic (exact) mass is 272 g/mol. The van der Waals surface area contributed by atoms with Crippen LogP contribution in [-0.4, -0.2) is 37.9 Å². The summed E-state index contributed by atoms with van der Waals surface area (Å²) in [5.74, 6) is -0.700. The second kappa shape index (κ2) is 4.60. The third-order valence-electron chi connectivity index (χ3n) is 2.99. The standard InChI is InChI=1S/C12H17FN2O2S/c1-12(2)9-15(8-7-14-12)18(16,17)11-6-4-3-5-10(11)13/h3-6,14H,7-9H2,1-2H3. The molecule has 0 aliphatic carbocycles. The van der Waals surface area contributed by atoms with Crippen molar-refractivity contribution in [2.75, 3.05) is 19.6 Å². The quantitative estimate of drug-likeness (QED) is 0.880. The summed E-state index contributed by atoms with van der Waals surface area (Å²) in [6.07, 6.45) is 0. The first-order chi connectivity index (χ1) is 8.33. The Hall–Kier alpha value is -0.980. The summed E-state index contributed by atoms with van der Waals surface area (Å²) < 4.78 is 39.7. The second-order valence-electron chi connectivity index (χ2n) is 5.08. The van der Waals surface area contributed by atoms with Crippen LogP contribution in [0.5, 0.6) is 0 Å². The summed E-state index contributed by atoms with van der Waals surface area (Å²) in [5.41, 5.74) is -0.295. The maximum absolute atomic E-state index is 13.6. The fraction of sp³-hybridized carbons (Fsp3) is 0.500. The number of nitrogens with one attached hydrogen (secondary N) is 1. The van der Waals surface area contributed by atoms with Gasteiger partial charge in [-0.15, -0.1) is 0 Å². The van der Waals surface area contributed by atoms with Crippen LogP contribution in [-0.2, 0) is 10.0 Å². The first kappa shape index (κ1) is 13.5. The molecule has 0 bridgehead atoms. The highest BCUT2D eigenvalue weighted by molar-refractivity contribution is 7.89. The molecule has 6 heteroatoms. The Morgan fingerprint density at radius 2 is 2.00 bits per heavy atom. The van der Waals surface area contributed by atoms with E-state index in [0.29, 0.717) is 19.6 Å². The Balaban J connectivity index is 2.35. The lowest BCUT2D eigenvalue weighted by molar-refractivity contribution is 0.233. The van der Waals surface area contributed by atoms with Crippen LogP contribution in [0.4, 0.5) is 4.39 Å². The Morgan fingerprint density at radius 1 is 1.33 bits per heavy atom. The topological polar surface area (TPSA) is 49.4 Å². The van der Waals surface area contributed by atoms with Gasteiger partial charge in [0.25, 0.3) is 0 Å². The number of nitrogens with zero attached hydrogens (tertiary/aromatic N) is 1. The number of piperazine rings is 1. The molecule has 1 aliphatic rings. The van der Waals surface area contributed by atoms with Crippen LogP contribution < -0.4 is 5.32 Å². The van der Waals surface area contributed by atoms with Crippen LogP contribution in [0.15, 0.2) is 29.2 Å². The SMILES string of the molecule is CC1(C)CN(S(=O)(=O)c2ccccc2F)CCN1. The molecular weight excluding hydrogens is 255 g/mol. The van der Waals surface area contributed by atoms with Crippen LogP contribution in [0.25, 0.3) is 0 Å². The van der Waals surface area contributed by atoms with E-state index >= 15 is 0 Å². The van der Waals surface area contributed by atoms with Gasteiger partial charge in [-0.05, 0) is 26.0 Å². The second-order valence-corrected chi connectivity index (χ2v) is 6.99. The van der Waals surface area contributed by atoms with Crippen molar-refractivity contribution in [3.8, 4) is 0 Å². The third kappa shape index (κ3) is 2.55. The molecule has 4 nitrogen and oxygen atoms in total. The van der Waals surface area contributed by atoms with Crippen LogP contribution in [0.3, 0.4) is 0 Å². The van der Waals surface area contributed by atoms with Gasteiger partial charge in [0.1, 0.15) is 10.7 Å². The smallest absolute Gasteiger partial charge is 0.246 e. The van der Waals surface area contributed by atoms with Gasteiger partial charge >= 0.3 is 0 Å². The van der Waals surface area contributed by atoms with E-state index in [0.717, 1.165) is 0 Å². The molecule has 1 aromatic carbocycles. The summed E-state index contributed by atoms with van der Waals surface area (Å²) in [6.45, 7) is 5.12. The van der Waals surface area contributed by atoms with Gasteiger partial charge in [0.2, 0.25) is 10.0 Å². The number of sulfonamides is 1. The van der Waals surface area contributed by atoms with E-state index < -0.39 is 15.8 Å². The van der Waals surface area contributed by atoms with E-state index in [1.165, 1.54) is 28.6 Å². The fourth-order valence-electron chi connectivity index (χ4n) is 2.09. The molecule has 2 rings (SSSR count). The average molecular weight is 272 g/mol. The molecular formula is C12H17FN2O2S. The van der Waals surface area contributed by atoms with Gasteiger partial charge in [0, 0.05) is 25.2 Å². The van der Waals surface area contributed by atoms with Gasteiger partial charge in [-0.2, -0.15) is 4.31 Å². The van der Waals surface area contributed by atoms with E-state index in [1.54, 1.807) is 0 Å². The predicted octanol–water partition coefficient (Wildman–Crippen LogP) is 1.20. The molecule has 1 saturated heterocycles. The highest BCUT2D eigenvalue weighted by atomic mass is 32.2. The summed E-state index contributed by atoms with van der Waals surface area (Å²) in [7, 11) is -3.75. The zero-order valence-corrected chi connectivity index (χ0v) is 11.3. The molecule has 0 amide bonds. The molecule has 1 N–H and O–H groups in total. The van der Waals surface area contributed by atoms with Crippen molar-refractivity contribution in [1.29, 1.82) is 0 Å². The van der Waals surface area contributed by atoms with Gasteiger partial charge in [0.15, 0.2) is 0 Å². The third-order valence-corrected chi connectivity index (χ3v) is 4.87. The molecule has 0 unspecified atom stereocenters. The van der Waals surface area contributed by atoms with E-state index in [9.17, 15) is 12.8 Å². The van der Waals surface area contributed by atoms with Crippen LogP contribution in [0.1, 0.15) is 13.8 Å². The van der Waals surface area contributed by atoms with Gasteiger partial charge in [0.05, 0.1) is 0 Å². The van der Waals surface area contributed by atoms with Crippen molar-refractivity contribution >= 4 is 10.0 Å². The maximum atomic E-state index is 13.6. The maximum Gasteiger partial charge on any atom is 0.246 e. The lowest BCUT2D eigenvalue weighted by atomic mass is 10.0. The molecule has 0 radical (unpaired) electrons. The van der Waals surface area contributed by atoms with Gasteiger partial charge in [-0.25, -0.2) is 12.8 Å². The fourth-order valence-corrected chi connectivity index (χ4v) is 3.76. The molecule has 1 fully saturated rings. The van der Waals surface area contributed by atoms with E-state index in [-0.39, 0.29) is 10.4 Å². The number of hydrogen-bond acceptors (Lipinski definition) is 3. The lowest BCUT2D eigenvalue weighted by Crippen LogP contribution is -2.58. The molecule has 0 aromatic heterocycles. The van der Waals surface area contributed by atoms with Crippen molar-refractivity contribution in [2.45, 2.75) is 24.3 Å². The largest absolute Gasteiger partial charge is 0.309 e. The van der Waals surface area contributed by atoms with Gasteiger partial charge in [-0.1, -0.05) is 12.1 Å². The van der Waals surface area contributed by atoms with Crippen molar-refractivity contribution in [1.82, 2.24) is 9.62 Å². The van der Waals surface area contributed by atoms with Crippen LogP contribution >= 0.6 is 0 Å². The first-order valence-electron chi connectivity index (χ1n) is 5.83. The molecule has 1 aromatic rings. The number of halogens is 1. The normalized spacial score (nSPS) is 20.8. The molecule has 1 heterocycles. The van der Waals surface area contributed by atoms with Gasteiger partial charge < -0.3 is 5.32 Å². The Bertz CT molecular complexity index is 543. The minimum absolute atomic E-state index is 0.247. The first-order valence-corrected chi connectivity index (χ1v) is 7.27. The van der Waals surface area contributed by atoms with Gasteiger partial charge in [-0.3, -0.25) is 0 Å². The van der Waals surface area contributed by atoms with E-state index in [2.05, 4.69) is 5.32 Å². The van der Waals surface area contributed by atoms with Crippen molar-refractivity contribution < 1.29 is 12.8 Å². The average Bonchev–Trinajstić information content (AvgIpc) is 2.28. The Kier molecular flexibility index (Phi) is 3.44. The van der Waals surface area contributed by atoms with Crippen LogP contribution in [0.2, 0.25) is 0 Å².